The summed E-state index contributed by atoms with van der Waals surface area (Å²) < 4.78 is 1.90. The maximum atomic E-state index is 5.92. The topological polar surface area (TPSA) is 34.0 Å². The Morgan fingerprint density at radius 2 is 1.89 bits per heavy atom. The first-order valence-corrected chi connectivity index (χ1v) is 6.69. The van der Waals surface area contributed by atoms with Gasteiger partial charge < -0.3 is 4.90 Å². The van der Waals surface area contributed by atoms with E-state index in [0.29, 0.717) is 5.92 Å². The lowest BCUT2D eigenvalue weighted by Gasteiger charge is -2.17. The molecular weight excluding hydrogens is 260 g/mol. The minimum Gasteiger partial charge on any atom is -0.309 e. The summed E-state index contributed by atoms with van der Waals surface area (Å²) in [4.78, 5) is 6.71. The fourth-order valence-electron chi connectivity index (χ4n) is 2.15. The summed E-state index contributed by atoms with van der Waals surface area (Å²) in [6, 6.07) is 7.66. The van der Waals surface area contributed by atoms with Crippen molar-refractivity contribution in [3.63, 3.8) is 0 Å². The standard InChI is InChI=1S/C14H19ClN4/c1-10(9-18(3)4)14-16-11(2)17-19(14)13-7-5-12(15)6-8-13/h5-8,10H,9H2,1-4H3. The maximum absolute atomic E-state index is 5.92. The zero-order valence-electron chi connectivity index (χ0n) is 11.8. The Hall–Kier alpha value is -1.39. The predicted molar refractivity (Wildman–Crippen MR) is 78.1 cm³/mol. The quantitative estimate of drug-likeness (QED) is 0.862. The van der Waals surface area contributed by atoms with E-state index in [1.807, 2.05) is 35.9 Å². The molecule has 5 heteroatoms. The lowest BCUT2D eigenvalue weighted by Crippen LogP contribution is -2.21. The first-order chi connectivity index (χ1) is 8.97. The lowest BCUT2D eigenvalue weighted by atomic mass is 10.1. The molecule has 19 heavy (non-hydrogen) atoms. The van der Waals surface area contributed by atoms with Crippen LogP contribution in [0.5, 0.6) is 0 Å². The van der Waals surface area contributed by atoms with E-state index in [4.69, 9.17) is 11.6 Å². The summed E-state index contributed by atoms with van der Waals surface area (Å²) in [5.41, 5.74) is 0.991. The van der Waals surface area contributed by atoms with Crippen molar-refractivity contribution in [3.8, 4) is 5.69 Å². The van der Waals surface area contributed by atoms with Crippen LogP contribution in [0.1, 0.15) is 24.5 Å². The van der Waals surface area contributed by atoms with Crippen molar-refractivity contribution in [2.75, 3.05) is 20.6 Å². The highest BCUT2D eigenvalue weighted by molar-refractivity contribution is 6.30. The van der Waals surface area contributed by atoms with Crippen molar-refractivity contribution >= 4 is 11.6 Å². The van der Waals surface area contributed by atoms with Crippen molar-refractivity contribution < 1.29 is 0 Å². The van der Waals surface area contributed by atoms with Gasteiger partial charge in [-0.05, 0) is 45.3 Å². The smallest absolute Gasteiger partial charge is 0.148 e. The average molecular weight is 279 g/mol. The van der Waals surface area contributed by atoms with Gasteiger partial charge in [-0.15, -0.1) is 0 Å². The molecule has 0 N–H and O–H groups in total. The van der Waals surface area contributed by atoms with Crippen molar-refractivity contribution in [1.29, 1.82) is 0 Å². The number of hydrogen-bond acceptors (Lipinski definition) is 3. The van der Waals surface area contributed by atoms with Gasteiger partial charge in [-0.3, -0.25) is 0 Å². The molecule has 102 valence electrons. The largest absolute Gasteiger partial charge is 0.309 e. The van der Waals surface area contributed by atoms with Crippen LogP contribution >= 0.6 is 11.6 Å². The molecule has 0 aliphatic rings. The van der Waals surface area contributed by atoms with Crippen LogP contribution in [0.4, 0.5) is 0 Å². The van der Waals surface area contributed by atoms with Crippen LogP contribution in [0.2, 0.25) is 5.02 Å². The van der Waals surface area contributed by atoms with Gasteiger partial charge in [0.1, 0.15) is 11.6 Å². The first-order valence-electron chi connectivity index (χ1n) is 6.31. The number of halogens is 1. The molecule has 0 saturated heterocycles. The Bertz CT molecular complexity index is 545. The van der Waals surface area contributed by atoms with Crippen LogP contribution in [0, 0.1) is 6.92 Å². The van der Waals surface area contributed by atoms with E-state index in [9.17, 15) is 0 Å². The summed E-state index contributed by atoms with van der Waals surface area (Å²) in [5, 5.41) is 5.21. The predicted octanol–water partition coefficient (Wildman–Crippen LogP) is 2.89. The first kappa shape index (κ1) is 14.0. The molecule has 1 aromatic heterocycles. The van der Waals surface area contributed by atoms with Gasteiger partial charge in [0.25, 0.3) is 0 Å². The molecule has 0 amide bonds. The number of nitrogens with zero attached hydrogens (tertiary/aromatic N) is 4. The molecule has 2 aromatic rings. The molecule has 0 bridgehead atoms. The number of aromatic nitrogens is 3. The van der Waals surface area contributed by atoms with E-state index >= 15 is 0 Å². The fourth-order valence-corrected chi connectivity index (χ4v) is 2.28. The second kappa shape index (κ2) is 5.72. The van der Waals surface area contributed by atoms with Crippen molar-refractivity contribution in [3.05, 3.63) is 40.9 Å². The minimum atomic E-state index is 0.312. The van der Waals surface area contributed by atoms with E-state index in [0.717, 1.165) is 28.9 Å². The summed E-state index contributed by atoms with van der Waals surface area (Å²) in [5.74, 6) is 2.08. The SMILES string of the molecule is Cc1nc(C(C)CN(C)C)n(-c2ccc(Cl)cc2)n1. The van der Waals surface area contributed by atoms with Gasteiger partial charge in [0.05, 0.1) is 5.69 Å². The molecule has 0 radical (unpaired) electrons. The van der Waals surface area contributed by atoms with Crippen molar-refractivity contribution in [2.45, 2.75) is 19.8 Å². The highest BCUT2D eigenvalue weighted by Crippen LogP contribution is 2.19. The second-order valence-electron chi connectivity index (χ2n) is 5.07. The van der Waals surface area contributed by atoms with Gasteiger partial charge in [0.2, 0.25) is 0 Å². The minimum absolute atomic E-state index is 0.312. The third-order valence-electron chi connectivity index (χ3n) is 2.89. The van der Waals surface area contributed by atoms with E-state index in [1.54, 1.807) is 0 Å². The molecule has 0 spiro atoms. The number of hydrogen-bond donors (Lipinski definition) is 0. The maximum Gasteiger partial charge on any atom is 0.148 e. The monoisotopic (exact) mass is 278 g/mol. The molecule has 0 aliphatic carbocycles. The third-order valence-corrected chi connectivity index (χ3v) is 3.14. The van der Waals surface area contributed by atoms with Crippen LogP contribution in [0.25, 0.3) is 5.69 Å². The highest BCUT2D eigenvalue weighted by Gasteiger charge is 2.16. The van der Waals surface area contributed by atoms with Crippen LogP contribution in [0.15, 0.2) is 24.3 Å². The fraction of sp³-hybridized carbons (Fsp3) is 0.429. The van der Waals surface area contributed by atoms with E-state index in [2.05, 4.69) is 36.0 Å². The van der Waals surface area contributed by atoms with Gasteiger partial charge in [0.15, 0.2) is 0 Å². The van der Waals surface area contributed by atoms with Gasteiger partial charge in [0, 0.05) is 17.5 Å². The summed E-state index contributed by atoms with van der Waals surface area (Å²) in [6.07, 6.45) is 0. The van der Waals surface area contributed by atoms with Crippen LogP contribution < -0.4 is 0 Å². The molecule has 1 aromatic carbocycles. The molecule has 4 nitrogen and oxygen atoms in total. The number of aryl methyl sites for hydroxylation is 1. The Labute approximate surface area is 119 Å². The number of likely N-dealkylation sites (N-methyl/N-ethyl adjacent to an activating group) is 1. The van der Waals surface area contributed by atoms with Crippen molar-refractivity contribution in [1.82, 2.24) is 19.7 Å². The third kappa shape index (κ3) is 3.33. The van der Waals surface area contributed by atoms with Gasteiger partial charge >= 0.3 is 0 Å². The Balaban J connectivity index is 2.38. The van der Waals surface area contributed by atoms with Crippen LogP contribution in [0.3, 0.4) is 0 Å². The zero-order valence-corrected chi connectivity index (χ0v) is 12.5. The molecule has 2 rings (SSSR count). The molecule has 1 atom stereocenters. The van der Waals surface area contributed by atoms with Gasteiger partial charge in [-0.25, -0.2) is 9.67 Å². The Kier molecular flexibility index (Phi) is 4.22. The van der Waals surface area contributed by atoms with E-state index in [-0.39, 0.29) is 0 Å². The summed E-state index contributed by atoms with van der Waals surface area (Å²) >= 11 is 5.92. The van der Waals surface area contributed by atoms with E-state index in [1.165, 1.54) is 0 Å². The normalized spacial score (nSPS) is 12.9. The molecule has 0 aliphatic heterocycles. The Morgan fingerprint density at radius 3 is 2.47 bits per heavy atom. The van der Waals surface area contributed by atoms with Crippen molar-refractivity contribution in [2.24, 2.45) is 0 Å². The average Bonchev–Trinajstić information content (AvgIpc) is 2.71. The lowest BCUT2D eigenvalue weighted by molar-refractivity contribution is 0.374. The molecule has 0 saturated carbocycles. The zero-order chi connectivity index (χ0) is 14.0. The van der Waals surface area contributed by atoms with E-state index < -0.39 is 0 Å². The van der Waals surface area contributed by atoms with Crippen LogP contribution in [-0.4, -0.2) is 40.3 Å². The molecule has 1 heterocycles. The Morgan fingerprint density at radius 1 is 1.26 bits per heavy atom. The van der Waals surface area contributed by atoms with Gasteiger partial charge in [-0.1, -0.05) is 18.5 Å². The molecular formula is C14H19ClN4. The summed E-state index contributed by atoms with van der Waals surface area (Å²) in [7, 11) is 4.12. The second-order valence-corrected chi connectivity index (χ2v) is 5.51. The highest BCUT2D eigenvalue weighted by atomic mass is 35.5. The van der Waals surface area contributed by atoms with Crippen LogP contribution in [-0.2, 0) is 0 Å². The number of rotatable bonds is 4. The summed E-state index contributed by atoms with van der Waals surface area (Å²) in [6.45, 7) is 5.01. The molecule has 0 fully saturated rings. The molecule has 1 unspecified atom stereocenters. The van der Waals surface area contributed by atoms with Gasteiger partial charge in [-0.2, -0.15) is 5.10 Å². The number of benzene rings is 1.